The third-order valence-electron chi connectivity index (χ3n) is 1.36. The summed E-state index contributed by atoms with van der Waals surface area (Å²) in [7, 11) is 1.58. The molecule has 3 heteroatoms. The molecule has 0 amide bonds. The predicted octanol–water partition coefficient (Wildman–Crippen LogP) is 0.892. The molecular weight excluding hydrogens is 166 g/mol. The average Bonchev–Trinajstić information content (AvgIpc) is 2.19. The van der Waals surface area contributed by atoms with Crippen molar-refractivity contribution in [3.05, 3.63) is 29.6 Å². The minimum atomic E-state index is 0.386. The molecule has 0 aliphatic heterocycles. The van der Waals surface area contributed by atoms with Crippen molar-refractivity contribution in [2.45, 2.75) is 0 Å². The molecule has 1 aromatic rings. The van der Waals surface area contributed by atoms with Gasteiger partial charge < -0.3 is 4.74 Å². The van der Waals surface area contributed by atoms with Crippen LogP contribution in [0.5, 0.6) is 0 Å². The van der Waals surface area contributed by atoms with E-state index in [1.54, 1.807) is 19.2 Å². The average molecular weight is 175 g/mol. The van der Waals surface area contributed by atoms with E-state index in [1.807, 2.05) is 0 Å². The van der Waals surface area contributed by atoms with Gasteiger partial charge in [0.05, 0.1) is 0 Å². The van der Waals surface area contributed by atoms with Gasteiger partial charge >= 0.3 is 0 Å². The highest BCUT2D eigenvalue weighted by Crippen LogP contribution is 1.95. The van der Waals surface area contributed by atoms with Crippen molar-refractivity contribution in [2.75, 3.05) is 13.7 Å². The number of aldehydes is 1. The van der Waals surface area contributed by atoms with Crippen LogP contribution >= 0.6 is 0 Å². The second-order valence-corrected chi connectivity index (χ2v) is 2.33. The molecule has 0 fully saturated rings. The molecule has 0 saturated carbocycles. The highest BCUT2D eigenvalue weighted by Gasteiger charge is 1.89. The van der Waals surface area contributed by atoms with Crippen molar-refractivity contribution in [3.8, 4) is 11.8 Å². The fraction of sp³-hybridized carbons (Fsp3) is 0.200. The van der Waals surface area contributed by atoms with E-state index < -0.39 is 0 Å². The van der Waals surface area contributed by atoms with Crippen LogP contribution in [0.4, 0.5) is 0 Å². The molecule has 1 aromatic heterocycles. The number of hydrogen-bond acceptors (Lipinski definition) is 3. The Kier molecular flexibility index (Phi) is 3.68. The largest absolute Gasteiger partial charge is 0.372 e. The first-order valence-corrected chi connectivity index (χ1v) is 3.76. The zero-order valence-electron chi connectivity index (χ0n) is 7.28. The molecule has 66 valence electrons. The maximum atomic E-state index is 10.3. The zero-order chi connectivity index (χ0) is 9.52. The Labute approximate surface area is 76.8 Å². The summed E-state index contributed by atoms with van der Waals surface area (Å²) < 4.78 is 4.75. The first-order valence-electron chi connectivity index (χ1n) is 3.76. The van der Waals surface area contributed by atoms with E-state index in [2.05, 4.69) is 16.8 Å². The molecule has 0 aliphatic rings. The fourth-order valence-corrected chi connectivity index (χ4v) is 0.748. The summed E-state index contributed by atoms with van der Waals surface area (Å²) in [5.41, 5.74) is 1.19. The quantitative estimate of drug-likeness (QED) is 0.495. The lowest BCUT2D eigenvalue weighted by Gasteiger charge is -1.89. The number of rotatable bonds is 2. The van der Waals surface area contributed by atoms with Crippen LogP contribution in [0.15, 0.2) is 18.3 Å². The number of pyridine rings is 1. The SMILES string of the molecule is COCC#Cc1ccc(C=O)cn1. The third-order valence-corrected chi connectivity index (χ3v) is 1.36. The number of methoxy groups -OCH3 is 1. The van der Waals surface area contributed by atoms with Gasteiger partial charge in [-0.15, -0.1) is 0 Å². The van der Waals surface area contributed by atoms with Crippen LogP contribution < -0.4 is 0 Å². The van der Waals surface area contributed by atoms with E-state index in [9.17, 15) is 4.79 Å². The van der Waals surface area contributed by atoms with Crippen LogP contribution in [0.1, 0.15) is 16.1 Å². The minimum absolute atomic E-state index is 0.386. The molecule has 0 aliphatic carbocycles. The van der Waals surface area contributed by atoms with E-state index >= 15 is 0 Å². The van der Waals surface area contributed by atoms with Crippen LogP contribution in [-0.2, 0) is 4.74 Å². The molecule has 0 radical (unpaired) electrons. The number of ether oxygens (including phenoxy) is 1. The standard InChI is InChI=1S/C10H9NO2/c1-13-6-2-3-10-5-4-9(8-12)7-11-10/h4-5,7-8H,6H2,1H3. The summed E-state index contributed by atoms with van der Waals surface area (Å²) in [5.74, 6) is 5.56. The number of aromatic nitrogens is 1. The first kappa shape index (κ1) is 9.43. The number of hydrogen-bond donors (Lipinski definition) is 0. The second kappa shape index (κ2) is 5.07. The van der Waals surface area contributed by atoms with E-state index in [0.29, 0.717) is 17.9 Å². The first-order chi connectivity index (χ1) is 6.36. The Bertz CT molecular complexity index is 332. The maximum Gasteiger partial charge on any atom is 0.151 e. The van der Waals surface area contributed by atoms with Crippen molar-refractivity contribution in [3.63, 3.8) is 0 Å². The lowest BCUT2D eigenvalue weighted by molar-refractivity contribution is 0.112. The van der Waals surface area contributed by atoms with E-state index in [0.717, 1.165) is 6.29 Å². The smallest absolute Gasteiger partial charge is 0.151 e. The van der Waals surface area contributed by atoms with Crippen LogP contribution in [0.2, 0.25) is 0 Å². The molecule has 0 atom stereocenters. The minimum Gasteiger partial charge on any atom is -0.372 e. The van der Waals surface area contributed by atoms with Crippen molar-refractivity contribution >= 4 is 6.29 Å². The van der Waals surface area contributed by atoms with Crippen molar-refractivity contribution in [1.29, 1.82) is 0 Å². The summed E-state index contributed by atoms with van der Waals surface area (Å²) in [6.07, 6.45) is 2.24. The highest BCUT2D eigenvalue weighted by molar-refractivity contribution is 5.74. The number of carbonyl (C=O) groups excluding carboxylic acids is 1. The van der Waals surface area contributed by atoms with Gasteiger partial charge in [0.25, 0.3) is 0 Å². The van der Waals surface area contributed by atoms with Gasteiger partial charge in [-0.05, 0) is 18.1 Å². The predicted molar refractivity (Wildman–Crippen MR) is 48.4 cm³/mol. The molecule has 0 N–H and O–H groups in total. The molecule has 1 rings (SSSR count). The molecule has 1 heterocycles. The molecular formula is C10H9NO2. The topological polar surface area (TPSA) is 39.2 Å². The third kappa shape index (κ3) is 3.06. The van der Waals surface area contributed by atoms with Gasteiger partial charge in [-0.1, -0.05) is 5.92 Å². The molecule has 0 bridgehead atoms. The van der Waals surface area contributed by atoms with Crippen molar-refractivity contribution in [1.82, 2.24) is 4.98 Å². The summed E-state index contributed by atoms with van der Waals surface area (Å²) in [5, 5.41) is 0. The van der Waals surface area contributed by atoms with Gasteiger partial charge in [-0.3, -0.25) is 4.79 Å². The monoisotopic (exact) mass is 175 g/mol. The normalized spacial score (nSPS) is 8.69. The lowest BCUT2D eigenvalue weighted by Crippen LogP contribution is -1.87. The second-order valence-electron chi connectivity index (χ2n) is 2.33. The maximum absolute atomic E-state index is 10.3. The van der Waals surface area contributed by atoms with Crippen LogP contribution in [-0.4, -0.2) is 25.0 Å². The summed E-state index contributed by atoms with van der Waals surface area (Å²) in [4.78, 5) is 14.2. The molecule has 0 aromatic carbocycles. The summed E-state index contributed by atoms with van der Waals surface area (Å²) in [6, 6.07) is 3.38. The molecule has 3 nitrogen and oxygen atoms in total. The highest BCUT2D eigenvalue weighted by atomic mass is 16.5. The van der Waals surface area contributed by atoms with Crippen molar-refractivity contribution in [2.24, 2.45) is 0 Å². The molecule has 13 heavy (non-hydrogen) atoms. The Morgan fingerprint density at radius 3 is 3.00 bits per heavy atom. The molecule has 0 saturated heterocycles. The summed E-state index contributed by atoms with van der Waals surface area (Å²) >= 11 is 0. The van der Waals surface area contributed by atoms with Crippen LogP contribution in [0.3, 0.4) is 0 Å². The van der Waals surface area contributed by atoms with Gasteiger partial charge in [0, 0.05) is 18.9 Å². The Balaban J connectivity index is 2.71. The van der Waals surface area contributed by atoms with Crippen molar-refractivity contribution < 1.29 is 9.53 Å². The zero-order valence-corrected chi connectivity index (χ0v) is 7.28. The molecule has 0 spiro atoms. The van der Waals surface area contributed by atoms with E-state index in [1.165, 1.54) is 6.20 Å². The van der Waals surface area contributed by atoms with E-state index in [4.69, 9.17) is 4.74 Å². The van der Waals surface area contributed by atoms with E-state index in [-0.39, 0.29) is 0 Å². The van der Waals surface area contributed by atoms with Gasteiger partial charge in [-0.25, -0.2) is 4.98 Å². The Morgan fingerprint density at radius 2 is 2.46 bits per heavy atom. The summed E-state index contributed by atoms with van der Waals surface area (Å²) in [6.45, 7) is 0.386. The van der Waals surface area contributed by atoms with Gasteiger partial charge in [0.2, 0.25) is 0 Å². The fourth-order valence-electron chi connectivity index (χ4n) is 0.748. The van der Waals surface area contributed by atoms with Crippen LogP contribution in [0, 0.1) is 11.8 Å². The number of carbonyl (C=O) groups is 1. The molecule has 0 unspecified atom stereocenters. The van der Waals surface area contributed by atoms with Gasteiger partial charge in [0.15, 0.2) is 6.29 Å². The van der Waals surface area contributed by atoms with Gasteiger partial charge in [-0.2, -0.15) is 0 Å². The Morgan fingerprint density at radius 1 is 1.62 bits per heavy atom. The lowest BCUT2D eigenvalue weighted by atomic mass is 10.3. The van der Waals surface area contributed by atoms with Gasteiger partial charge in [0.1, 0.15) is 12.3 Å². The number of nitrogens with zero attached hydrogens (tertiary/aromatic N) is 1. The van der Waals surface area contributed by atoms with Crippen LogP contribution in [0.25, 0.3) is 0 Å². The Hall–Kier alpha value is -1.66.